The van der Waals surface area contributed by atoms with Crippen LogP contribution in [-0.2, 0) is 7.05 Å². The van der Waals surface area contributed by atoms with Gasteiger partial charge in [0.1, 0.15) is 5.56 Å². The zero-order valence-corrected chi connectivity index (χ0v) is 14.7. The van der Waals surface area contributed by atoms with Gasteiger partial charge in [0, 0.05) is 32.7 Å². The number of nitrogens with zero attached hydrogens (tertiary/aromatic N) is 2. The van der Waals surface area contributed by atoms with Crippen molar-refractivity contribution in [3.63, 3.8) is 0 Å². The first-order valence-corrected chi connectivity index (χ1v) is 8.81. The van der Waals surface area contributed by atoms with E-state index in [-0.39, 0.29) is 23.1 Å². The number of pyridine rings is 1. The number of benzene rings is 2. The van der Waals surface area contributed by atoms with E-state index in [0.717, 1.165) is 16.5 Å². The predicted octanol–water partition coefficient (Wildman–Crippen LogP) is 2.33. The van der Waals surface area contributed by atoms with Gasteiger partial charge in [0.2, 0.25) is 0 Å². The largest absolute Gasteiger partial charge is 0.335 e. The van der Waals surface area contributed by atoms with E-state index in [2.05, 4.69) is 17.4 Å². The zero-order valence-electron chi connectivity index (χ0n) is 14.7. The summed E-state index contributed by atoms with van der Waals surface area (Å²) in [6.45, 7) is 1.86. The molecule has 3 aromatic rings. The molecule has 26 heavy (non-hydrogen) atoms. The summed E-state index contributed by atoms with van der Waals surface area (Å²) in [5.41, 5.74) is 1.97. The molecule has 5 nitrogen and oxygen atoms in total. The van der Waals surface area contributed by atoms with Crippen molar-refractivity contribution < 1.29 is 4.79 Å². The van der Waals surface area contributed by atoms with E-state index >= 15 is 0 Å². The van der Waals surface area contributed by atoms with Gasteiger partial charge in [0.25, 0.3) is 11.5 Å². The van der Waals surface area contributed by atoms with E-state index in [0.29, 0.717) is 19.6 Å². The first-order chi connectivity index (χ1) is 12.6. The number of hydrogen-bond acceptors (Lipinski definition) is 3. The maximum Gasteiger partial charge on any atom is 0.263 e. The van der Waals surface area contributed by atoms with Crippen molar-refractivity contribution in [2.24, 2.45) is 7.05 Å². The fourth-order valence-electron chi connectivity index (χ4n) is 3.59. The molecule has 1 N–H and O–H groups in total. The average Bonchev–Trinajstić information content (AvgIpc) is 2.71. The van der Waals surface area contributed by atoms with Crippen LogP contribution in [0.25, 0.3) is 10.9 Å². The molecule has 0 spiro atoms. The molecule has 1 saturated heterocycles. The number of amides is 1. The van der Waals surface area contributed by atoms with Crippen LogP contribution in [0.2, 0.25) is 0 Å². The highest BCUT2D eigenvalue weighted by atomic mass is 16.2. The van der Waals surface area contributed by atoms with Crippen LogP contribution in [0.5, 0.6) is 0 Å². The molecule has 2 heterocycles. The van der Waals surface area contributed by atoms with Gasteiger partial charge < -0.3 is 14.8 Å². The molecule has 1 atom stereocenters. The fraction of sp³-hybridized carbons (Fsp3) is 0.238. The van der Waals surface area contributed by atoms with Gasteiger partial charge in [-0.15, -0.1) is 0 Å². The molecule has 0 unspecified atom stereocenters. The summed E-state index contributed by atoms with van der Waals surface area (Å²) < 4.78 is 1.56. The lowest BCUT2D eigenvalue weighted by atomic mass is 10.0. The van der Waals surface area contributed by atoms with Crippen molar-refractivity contribution in [3.05, 3.63) is 82.1 Å². The fourth-order valence-corrected chi connectivity index (χ4v) is 3.59. The summed E-state index contributed by atoms with van der Waals surface area (Å²) >= 11 is 0. The maximum atomic E-state index is 13.1. The predicted molar refractivity (Wildman–Crippen MR) is 102 cm³/mol. The number of carbonyl (C=O) groups is 1. The number of hydrogen-bond donors (Lipinski definition) is 1. The second-order valence-corrected chi connectivity index (χ2v) is 6.65. The van der Waals surface area contributed by atoms with Crippen LogP contribution in [0.4, 0.5) is 0 Å². The van der Waals surface area contributed by atoms with Crippen LogP contribution in [0.15, 0.2) is 65.5 Å². The van der Waals surface area contributed by atoms with Crippen LogP contribution in [0, 0.1) is 0 Å². The molecule has 1 fully saturated rings. The van der Waals surface area contributed by atoms with Gasteiger partial charge in [0.05, 0.1) is 5.52 Å². The summed E-state index contributed by atoms with van der Waals surface area (Å²) in [6, 6.07) is 19.5. The summed E-state index contributed by atoms with van der Waals surface area (Å²) in [5, 5.41) is 4.35. The van der Waals surface area contributed by atoms with E-state index in [1.807, 2.05) is 42.5 Å². The van der Waals surface area contributed by atoms with Crippen LogP contribution < -0.4 is 10.9 Å². The van der Waals surface area contributed by atoms with Gasteiger partial charge in [-0.3, -0.25) is 9.59 Å². The number of para-hydroxylation sites is 1. The van der Waals surface area contributed by atoms with Gasteiger partial charge >= 0.3 is 0 Å². The maximum absolute atomic E-state index is 13.1. The second-order valence-electron chi connectivity index (χ2n) is 6.65. The lowest BCUT2D eigenvalue weighted by molar-refractivity contribution is 0.0701. The number of carbonyl (C=O) groups excluding carboxylic acids is 1. The van der Waals surface area contributed by atoms with Gasteiger partial charge in [-0.25, -0.2) is 0 Å². The molecule has 2 aromatic carbocycles. The normalized spacial score (nSPS) is 17.4. The summed E-state index contributed by atoms with van der Waals surface area (Å²) in [5.74, 6) is -0.196. The van der Waals surface area contributed by atoms with E-state index in [9.17, 15) is 9.59 Å². The molecule has 1 aliphatic rings. The van der Waals surface area contributed by atoms with Gasteiger partial charge in [-0.2, -0.15) is 0 Å². The van der Waals surface area contributed by atoms with Crippen molar-refractivity contribution in [3.8, 4) is 0 Å². The Morgan fingerprint density at radius 3 is 2.62 bits per heavy atom. The van der Waals surface area contributed by atoms with Gasteiger partial charge in [-0.05, 0) is 23.1 Å². The summed E-state index contributed by atoms with van der Waals surface area (Å²) in [6.07, 6.45) is 0. The molecule has 0 bridgehead atoms. The average molecular weight is 347 g/mol. The van der Waals surface area contributed by atoms with E-state index in [1.165, 1.54) is 0 Å². The van der Waals surface area contributed by atoms with E-state index < -0.39 is 0 Å². The van der Waals surface area contributed by atoms with Crippen LogP contribution in [-0.4, -0.2) is 35.0 Å². The Balaban J connectivity index is 1.66. The van der Waals surface area contributed by atoms with Crippen molar-refractivity contribution in [1.82, 2.24) is 14.8 Å². The Morgan fingerprint density at radius 1 is 1.08 bits per heavy atom. The van der Waals surface area contributed by atoms with Crippen LogP contribution >= 0.6 is 0 Å². The number of rotatable bonds is 2. The number of piperazine rings is 1. The molecular weight excluding hydrogens is 326 g/mol. The lowest BCUT2D eigenvalue weighted by Crippen LogP contribution is -2.49. The van der Waals surface area contributed by atoms with E-state index in [4.69, 9.17) is 0 Å². The first-order valence-electron chi connectivity index (χ1n) is 8.81. The molecule has 1 aromatic heterocycles. The minimum absolute atomic E-state index is 0.0817. The Kier molecular flexibility index (Phi) is 4.31. The Bertz CT molecular complexity index is 1010. The van der Waals surface area contributed by atoms with Crippen molar-refractivity contribution >= 4 is 16.8 Å². The minimum Gasteiger partial charge on any atom is -0.335 e. The lowest BCUT2D eigenvalue weighted by Gasteiger charge is -2.34. The van der Waals surface area contributed by atoms with Crippen LogP contribution in [0.3, 0.4) is 0 Å². The smallest absolute Gasteiger partial charge is 0.263 e. The molecule has 1 aliphatic heterocycles. The molecule has 4 rings (SSSR count). The zero-order chi connectivity index (χ0) is 18.1. The van der Waals surface area contributed by atoms with Gasteiger partial charge in [-0.1, -0.05) is 48.5 Å². The molecule has 132 valence electrons. The Labute approximate surface area is 151 Å². The third-order valence-corrected chi connectivity index (χ3v) is 5.03. The quantitative estimate of drug-likeness (QED) is 0.774. The SMILES string of the molecule is Cn1c(=O)c(C(=O)N2CCN[C@@H](c3ccccc3)C2)cc2ccccc21. The highest BCUT2D eigenvalue weighted by Gasteiger charge is 2.27. The number of nitrogens with one attached hydrogen (secondary N) is 1. The molecule has 0 aliphatic carbocycles. The number of aromatic nitrogens is 1. The highest BCUT2D eigenvalue weighted by molar-refractivity contribution is 5.97. The summed E-state index contributed by atoms with van der Waals surface area (Å²) in [7, 11) is 1.71. The Morgan fingerprint density at radius 2 is 1.81 bits per heavy atom. The third kappa shape index (κ3) is 2.91. The molecule has 1 amide bonds. The van der Waals surface area contributed by atoms with Crippen LogP contribution in [0.1, 0.15) is 22.0 Å². The van der Waals surface area contributed by atoms with E-state index in [1.54, 1.807) is 22.6 Å². The topological polar surface area (TPSA) is 54.3 Å². The van der Waals surface area contributed by atoms with Gasteiger partial charge in [0.15, 0.2) is 0 Å². The monoisotopic (exact) mass is 347 g/mol. The third-order valence-electron chi connectivity index (χ3n) is 5.03. The summed E-state index contributed by atoms with van der Waals surface area (Å²) in [4.78, 5) is 27.6. The standard InChI is InChI=1S/C21H21N3O2/c1-23-19-10-6-5-9-16(19)13-17(20(23)25)21(26)24-12-11-22-18(14-24)15-7-3-2-4-8-15/h2-10,13,18,22H,11-12,14H2,1H3/t18-/m1/s1. The second kappa shape index (κ2) is 6.77. The number of fused-ring (bicyclic) bond motifs is 1. The molecule has 0 saturated carbocycles. The molecular formula is C21H21N3O2. The van der Waals surface area contributed by atoms with Crippen molar-refractivity contribution in [1.29, 1.82) is 0 Å². The first kappa shape index (κ1) is 16.5. The molecule has 0 radical (unpaired) electrons. The van der Waals surface area contributed by atoms with Crippen molar-refractivity contribution in [2.75, 3.05) is 19.6 Å². The minimum atomic E-state index is -0.247. The van der Waals surface area contributed by atoms with Crippen molar-refractivity contribution in [2.45, 2.75) is 6.04 Å². The Hall–Kier alpha value is -2.92. The molecule has 5 heteroatoms. The number of aryl methyl sites for hydroxylation is 1. The highest BCUT2D eigenvalue weighted by Crippen LogP contribution is 2.19.